The van der Waals surface area contributed by atoms with Crippen molar-refractivity contribution in [2.75, 3.05) is 6.61 Å². The van der Waals surface area contributed by atoms with E-state index in [1.54, 1.807) is 29.9 Å². The third-order valence-corrected chi connectivity index (χ3v) is 3.29. The molecule has 3 heterocycles. The number of carbonyl (C=O) groups excluding carboxylic acids is 1. The molecule has 0 unspecified atom stereocenters. The average molecular weight is 281 g/mol. The monoisotopic (exact) mass is 281 g/mol. The van der Waals surface area contributed by atoms with Gasteiger partial charge in [-0.05, 0) is 38.1 Å². The van der Waals surface area contributed by atoms with E-state index in [4.69, 9.17) is 4.74 Å². The van der Waals surface area contributed by atoms with Crippen molar-refractivity contribution in [2.24, 2.45) is 0 Å². The van der Waals surface area contributed by atoms with Crippen LogP contribution in [0.25, 0.3) is 16.9 Å². The van der Waals surface area contributed by atoms with Crippen molar-refractivity contribution in [3.63, 3.8) is 0 Å². The maximum Gasteiger partial charge on any atom is 0.339 e. The number of esters is 1. The molecule has 0 N–H and O–H groups in total. The summed E-state index contributed by atoms with van der Waals surface area (Å²) in [5.41, 5.74) is 4.10. The lowest BCUT2D eigenvalue weighted by Gasteiger charge is -2.02. The van der Waals surface area contributed by atoms with Crippen LogP contribution in [0.4, 0.5) is 0 Å². The second kappa shape index (κ2) is 5.36. The highest BCUT2D eigenvalue weighted by atomic mass is 16.5. The van der Waals surface area contributed by atoms with Gasteiger partial charge in [0.25, 0.3) is 0 Å². The Morgan fingerprint density at radius 1 is 1.29 bits per heavy atom. The summed E-state index contributed by atoms with van der Waals surface area (Å²) in [6, 6.07) is 9.34. The van der Waals surface area contributed by atoms with Crippen LogP contribution in [0.3, 0.4) is 0 Å². The van der Waals surface area contributed by atoms with E-state index >= 15 is 0 Å². The molecule has 0 saturated heterocycles. The molecule has 0 amide bonds. The average Bonchev–Trinajstić information content (AvgIpc) is 2.85. The molecule has 3 aromatic rings. The fraction of sp³-hybridized carbons (Fsp3) is 0.188. The third-order valence-electron chi connectivity index (χ3n) is 3.29. The van der Waals surface area contributed by atoms with Crippen molar-refractivity contribution in [3.8, 4) is 11.4 Å². The molecule has 0 aliphatic carbocycles. The lowest BCUT2D eigenvalue weighted by Crippen LogP contribution is -2.06. The van der Waals surface area contributed by atoms with E-state index in [0.29, 0.717) is 12.2 Å². The van der Waals surface area contributed by atoms with Crippen molar-refractivity contribution >= 4 is 11.5 Å². The van der Waals surface area contributed by atoms with Gasteiger partial charge in [-0.2, -0.15) is 5.10 Å². The zero-order chi connectivity index (χ0) is 14.8. The first-order valence-electron chi connectivity index (χ1n) is 6.78. The highest BCUT2D eigenvalue weighted by molar-refractivity contribution is 5.89. The lowest BCUT2D eigenvalue weighted by atomic mass is 10.1. The first-order chi connectivity index (χ1) is 10.2. The predicted octanol–water partition coefficient (Wildman–Crippen LogP) is 2.88. The number of ether oxygens (including phenoxy) is 1. The van der Waals surface area contributed by atoms with Crippen molar-refractivity contribution in [1.82, 2.24) is 14.6 Å². The number of rotatable bonds is 3. The number of aromatic nitrogens is 3. The first-order valence-corrected chi connectivity index (χ1v) is 6.78. The van der Waals surface area contributed by atoms with Gasteiger partial charge in [-0.3, -0.25) is 4.98 Å². The van der Waals surface area contributed by atoms with Gasteiger partial charge in [0, 0.05) is 18.0 Å². The minimum atomic E-state index is -0.341. The number of aryl methyl sites for hydroxylation is 1. The summed E-state index contributed by atoms with van der Waals surface area (Å²) in [6.45, 7) is 4.14. The Morgan fingerprint density at radius 2 is 2.14 bits per heavy atom. The van der Waals surface area contributed by atoms with Crippen LogP contribution in [0.5, 0.6) is 0 Å². The van der Waals surface area contributed by atoms with Crippen molar-refractivity contribution in [1.29, 1.82) is 0 Å². The number of hydrogen-bond donors (Lipinski definition) is 0. The molecule has 0 radical (unpaired) electrons. The third kappa shape index (κ3) is 2.38. The summed E-state index contributed by atoms with van der Waals surface area (Å²) in [4.78, 5) is 16.1. The zero-order valence-corrected chi connectivity index (χ0v) is 11.9. The van der Waals surface area contributed by atoms with Crippen LogP contribution in [0.2, 0.25) is 0 Å². The zero-order valence-electron chi connectivity index (χ0n) is 11.9. The molecule has 0 bridgehead atoms. The van der Waals surface area contributed by atoms with E-state index in [9.17, 15) is 4.79 Å². The van der Waals surface area contributed by atoms with Gasteiger partial charge in [0.2, 0.25) is 0 Å². The maximum absolute atomic E-state index is 11.8. The molecule has 0 aromatic carbocycles. The molecule has 21 heavy (non-hydrogen) atoms. The van der Waals surface area contributed by atoms with E-state index in [1.165, 1.54) is 0 Å². The van der Waals surface area contributed by atoms with Gasteiger partial charge in [0.05, 0.1) is 23.4 Å². The number of fused-ring (bicyclic) bond motifs is 1. The van der Waals surface area contributed by atoms with Gasteiger partial charge < -0.3 is 4.74 Å². The van der Waals surface area contributed by atoms with E-state index in [1.807, 2.05) is 31.2 Å². The first kappa shape index (κ1) is 13.3. The van der Waals surface area contributed by atoms with Gasteiger partial charge in [-0.1, -0.05) is 6.07 Å². The van der Waals surface area contributed by atoms with Crippen LogP contribution in [0, 0.1) is 6.92 Å². The normalized spacial score (nSPS) is 10.8. The predicted molar refractivity (Wildman–Crippen MR) is 79.1 cm³/mol. The molecule has 0 fully saturated rings. The summed E-state index contributed by atoms with van der Waals surface area (Å²) in [7, 11) is 0. The van der Waals surface area contributed by atoms with Crippen molar-refractivity contribution in [3.05, 3.63) is 53.9 Å². The molecule has 106 valence electrons. The van der Waals surface area contributed by atoms with E-state index in [0.717, 1.165) is 22.5 Å². The molecule has 5 heteroatoms. The fourth-order valence-electron chi connectivity index (χ4n) is 2.25. The Labute approximate surface area is 122 Å². The van der Waals surface area contributed by atoms with Crippen LogP contribution in [-0.4, -0.2) is 27.2 Å². The Hall–Kier alpha value is -2.69. The standard InChI is InChI=1S/C16H15N3O2/c1-3-21-16(20)12-7-8-14-11(2)15(18-19(14)10-12)13-6-4-5-9-17-13/h4-10H,3H2,1-2H3. The Kier molecular flexibility index (Phi) is 3.39. The lowest BCUT2D eigenvalue weighted by molar-refractivity contribution is 0.0525. The van der Waals surface area contributed by atoms with Gasteiger partial charge in [0.1, 0.15) is 5.69 Å². The van der Waals surface area contributed by atoms with Crippen LogP contribution in [0.1, 0.15) is 22.8 Å². The van der Waals surface area contributed by atoms with Gasteiger partial charge in [-0.25, -0.2) is 9.31 Å². The highest BCUT2D eigenvalue weighted by Gasteiger charge is 2.14. The highest BCUT2D eigenvalue weighted by Crippen LogP contribution is 2.23. The molecule has 0 aliphatic heterocycles. The van der Waals surface area contributed by atoms with Gasteiger partial charge in [-0.15, -0.1) is 0 Å². The molecule has 3 rings (SSSR count). The van der Waals surface area contributed by atoms with Crippen LogP contribution < -0.4 is 0 Å². The molecular formula is C16H15N3O2. The molecule has 0 saturated carbocycles. The summed E-state index contributed by atoms with van der Waals surface area (Å²) >= 11 is 0. The number of pyridine rings is 2. The number of nitrogens with zero attached hydrogens (tertiary/aromatic N) is 3. The molecule has 3 aromatic heterocycles. The smallest absolute Gasteiger partial charge is 0.339 e. The number of carbonyl (C=O) groups is 1. The van der Waals surface area contributed by atoms with Crippen LogP contribution in [0.15, 0.2) is 42.7 Å². The second-order valence-corrected chi connectivity index (χ2v) is 4.66. The van der Waals surface area contributed by atoms with Crippen LogP contribution in [-0.2, 0) is 4.74 Å². The Morgan fingerprint density at radius 3 is 2.86 bits per heavy atom. The minimum Gasteiger partial charge on any atom is -0.462 e. The van der Waals surface area contributed by atoms with Gasteiger partial charge in [0.15, 0.2) is 0 Å². The molecular weight excluding hydrogens is 266 g/mol. The van der Waals surface area contributed by atoms with E-state index in [-0.39, 0.29) is 5.97 Å². The molecule has 0 spiro atoms. The molecule has 0 aliphatic rings. The van der Waals surface area contributed by atoms with Crippen molar-refractivity contribution < 1.29 is 9.53 Å². The van der Waals surface area contributed by atoms with E-state index in [2.05, 4.69) is 10.1 Å². The van der Waals surface area contributed by atoms with Gasteiger partial charge >= 0.3 is 5.97 Å². The Balaban J connectivity index is 2.10. The quantitative estimate of drug-likeness (QED) is 0.693. The van der Waals surface area contributed by atoms with E-state index < -0.39 is 0 Å². The summed E-state index contributed by atoms with van der Waals surface area (Å²) < 4.78 is 6.71. The second-order valence-electron chi connectivity index (χ2n) is 4.66. The maximum atomic E-state index is 11.8. The number of hydrogen-bond acceptors (Lipinski definition) is 4. The topological polar surface area (TPSA) is 56.5 Å². The largest absolute Gasteiger partial charge is 0.462 e. The molecule has 5 nitrogen and oxygen atoms in total. The summed E-state index contributed by atoms with van der Waals surface area (Å²) in [6.07, 6.45) is 3.43. The van der Waals surface area contributed by atoms with Crippen LogP contribution >= 0.6 is 0 Å². The summed E-state index contributed by atoms with van der Waals surface area (Å²) in [5, 5.41) is 4.53. The summed E-state index contributed by atoms with van der Waals surface area (Å²) in [5.74, 6) is -0.341. The SMILES string of the molecule is CCOC(=O)c1ccc2c(C)c(-c3ccccn3)nn2c1. The fourth-order valence-corrected chi connectivity index (χ4v) is 2.25. The Bertz CT molecular complexity index is 794. The minimum absolute atomic E-state index is 0.341. The molecule has 0 atom stereocenters. The van der Waals surface area contributed by atoms with Crippen molar-refractivity contribution in [2.45, 2.75) is 13.8 Å².